The first kappa shape index (κ1) is 21.3. The highest BCUT2D eigenvalue weighted by Gasteiger charge is 2.38. The smallest absolute Gasteiger partial charge is 0.242 e. The number of rotatable bonds is 10. The Hall–Kier alpha value is -2.02. The molecule has 148 valence electrons. The first-order valence-corrected chi connectivity index (χ1v) is 10.4. The van der Waals surface area contributed by atoms with Crippen molar-refractivity contribution in [2.24, 2.45) is 4.99 Å². The molecule has 1 saturated heterocycles. The van der Waals surface area contributed by atoms with Crippen molar-refractivity contribution in [2.75, 3.05) is 25.5 Å². The number of carbonyl (C=O) groups excluding carboxylic acids is 2. The van der Waals surface area contributed by atoms with Gasteiger partial charge in [-0.2, -0.15) is 0 Å². The van der Waals surface area contributed by atoms with Crippen molar-refractivity contribution in [3.63, 3.8) is 0 Å². The molecular formula is C20H29N3O3S. The summed E-state index contributed by atoms with van der Waals surface area (Å²) in [7, 11) is 1.58. The number of hydrogen-bond acceptors (Lipinski definition) is 5. The number of anilines is 1. The molecule has 1 heterocycles. The van der Waals surface area contributed by atoms with Crippen LogP contribution < -0.4 is 10.1 Å². The van der Waals surface area contributed by atoms with Crippen LogP contribution in [0.15, 0.2) is 29.3 Å². The quantitative estimate of drug-likeness (QED) is 0.614. The summed E-state index contributed by atoms with van der Waals surface area (Å²) in [5.74, 6) is 0.485. The maximum atomic E-state index is 12.8. The lowest BCUT2D eigenvalue weighted by molar-refractivity contribution is -0.128. The van der Waals surface area contributed by atoms with Crippen LogP contribution in [0, 0.1) is 0 Å². The second kappa shape index (κ2) is 11.0. The van der Waals surface area contributed by atoms with E-state index in [1.165, 1.54) is 11.8 Å². The molecule has 7 heteroatoms. The highest BCUT2D eigenvalue weighted by atomic mass is 32.2. The third kappa shape index (κ3) is 6.27. The number of aliphatic imine (C=N–C) groups is 1. The largest absolute Gasteiger partial charge is 0.497 e. The number of nitrogens with zero attached hydrogens (tertiary/aromatic N) is 2. The normalized spacial score (nSPS) is 18.2. The summed E-state index contributed by atoms with van der Waals surface area (Å²) < 4.78 is 5.17. The minimum Gasteiger partial charge on any atom is -0.497 e. The lowest BCUT2D eigenvalue weighted by atomic mass is 10.2. The molecule has 1 aliphatic heterocycles. The molecule has 1 aromatic rings. The SMILES string of the molecule is CCCCN=C1S[C@@H](CC(=O)Nc2cccc(OC)c2)C(=O)N1CCCC. The highest BCUT2D eigenvalue weighted by molar-refractivity contribution is 8.15. The topological polar surface area (TPSA) is 71.0 Å². The molecule has 27 heavy (non-hydrogen) atoms. The van der Waals surface area contributed by atoms with Gasteiger partial charge < -0.3 is 10.1 Å². The van der Waals surface area contributed by atoms with E-state index in [0.717, 1.165) is 37.4 Å². The maximum Gasteiger partial charge on any atom is 0.242 e. The summed E-state index contributed by atoms with van der Waals surface area (Å²) in [6.07, 6.45) is 4.15. The van der Waals surface area contributed by atoms with E-state index in [9.17, 15) is 9.59 Å². The molecule has 0 spiro atoms. The van der Waals surface area contributed by atoms with Gasteiger partial charge in [-0.05, 0) is 25.0 Å². The van der Waals surface area contributed by atoms with Crippen LogP contribution in [0.5, 0.6) is 5.75 Å². The van der Waals surface area contributed by atoms with E-state index >= 15 is 0 Å². The van der Waals surface area contributed by atoms with Crippen LogP contribution in [0.25, 0.3) is 0 Å². The molecule has 2 amide bonds. The van der Waals surface area contributed by atoms with Crippen molar-refractivity contribution in [1.82, 2.24) is 4.90 Å². The van der Waals surface area contributed by atoms with E-state index in [0.29, 0.717) is 18.0 Å². The molecule has 0 radical (unpaired) electrons. The molecule has 0 aromatic heterocycles. The van der Waals surface area contributed by atoms with Crippen LogP contribution in [0.3, 0.4) is 0 Å². The van der Waals surface area contributed by atoms with Gasteiger partial charge in [-0.1, -0.05) is 44.5 Å². The average Bonchev–Trinajstić information content (AvgIpc) is 2.95. The predicted octanol–water partition coefficient (Wildman–Crippen LogP) is 3.92. The molecule has 1 atom stereocenters. The number of nitrogens with one attached hydrogen (secondary N) is 1. The van der Waals surface area contributed by atoms with E-state index in [1.807, 2.05) is 12.1 Å². The second-order valence-electron chi connectivity index (χ2n) is 6.45. The Kier molecular flexibility index (Phi) is 8.64. The van der Waals surface area contributed by atoms with Crippen molar-refractivity contribution < 1.29 is 14.3 Å². The summed E-state index contributed by atoms with van der Waals surface area (Å²) in [5.41, 5.74) is 0.662. The molecule has 0 aliphatic carbocycles. The second-order valence-corrected chi connectivity index (χ2v) is 7.62. The van der Waals surface area contributed by atoms with Gasteiger partial charge in [0.15, 0.2) is 5.17 Å². The first-order valence-electron chi connectivity index (χ1n) is 9.55. The van der Waals surface area contributed by atoms with Crippen LogP contribution in [0.1, 0.15) is 46.0 Å². The molecule has 1 N–H and O–H groups in total. The first-order chi connectivity index (χ1) is 13.1. The van der Waals surface area contributed by atoms with E-state index < -0.39 is 5.25 Å². The van der Waals surface area contributed by atoms with Gasteiger partial charge in [-0.25, -0.2) is 0 Å². The Morgan fingerprint density at radius 3 is 2.78 bits per heavy atom. The molecule has 1 aromatic carbocycles. The summed E-state index contributed by atoms with van der Waals surface area (Å²) in [6, 6.07) is 7.19. The van der Waals surface area contributed by atoms with Gasteiger partial charge in [0.2, 0.25) is 11.8 Å². The number of benzene rings is 1. The average molecular weight is 392 g/mol. The minimum atomic E-state index is -0.409. The van der Waals surface area contributed by atoms with Gasteiger partial charge in [0.25, 0.3) is 0 Å². The molecule has 1 aliphatic rings. The molecular weight excluding hydrogens is 362 g/mol. The lowest BCUT2D eigenvalue weighted by Gasteiger charge is -2.16. The molecule has 1 fully saturated rings. The number of thioether (sulfide) groups is 1. The third-order valence-corrected chi connectivity index (χ3v) is 5.45. The Bertz CT molecular complexity index is 678. The van der Waals surface area contributed by atoms with E-state index in [4.69, 9.17) is 4.74 Å². The van der Waals surface area contributed by atoms with Crippen LogP contribution in [-0.4, -0.2) is 47.3 Å². The van der Waals surface area contributed by atoms with Crippen LogP contribution >= 0.6 is 11.8 Å². The zero-order valence-corrected chi connectivity index (χ0v) is 17.2. The summed E-state index contributed by atoms with van der Waals surface area (Å²) in [4.78, 5) is 31.5. The number of methoxy groups -OCH3 is 1. The maximum absolute atomic E-state index is 12.8. The van der Waals surface area contributed by atoms with Gasteiger partial charge in [-0.3, -0.25) is 19.5 Å². The zero-order valence-electron chi connectivity index (χ0n) is 16.4. The predicted molar refractivity (Wildman–Crippen MR) is 111 cm³/mol. The van der Waals surface area contributed by atoms with Gasteiger partial charge in [-0.15, -0.1) is 0 Å². The molecule has 0 unspecified atom stereocenters. The standard InChI is InChI=1S/C20H29N3O3S/c1-4-6-11-21-20-23(12-7-5-2)19(25)17(27-20)14-18(24)22-15-9-8-10-16(13-15)26-3/h8-10,13,17H,4-7,11-12,14H2,1-3H3,(H,22,24)/t17-/m0/s1. The van der Waals surface area contributed by atoms with E-state index in [-0.39, 0.29) is 18.2 Å². The van der Waals surface area contributed by atoms with E-state index in [1.54, 1.807) is 24.1 Å². The van der Waals surface area contributed by atoms with Gasteiger partial charge in [0, 0.05) is 31.3 Å². The molecule has 2 rings (SSSR count). The number of amidine groups is 1. The Morgan fingerprint density at radius 2 is 2.07 bits per heavy atom. The van der Waals surface area contributed by atoms with Gasteiger partial charge >= 0.3 is 0 Å². The fourth-order valence-electron chi connectivity index (χ4n) is 2.70. The molecule has 0 saturated carbocycles. The zero-order chi connectivity index (χ0) is 19.6. The van der Waals surface area contributed by atoms with Crippen molar-refractivity contribution in [1.29, 1.82) is 0 Å². The number of unbranched alkanes of at least 4 members (excludes halogenated alkanes) is 2. The number of hydrogen-bond donors (Lipinski definition) is 1. The number of amides is 2. The Balaban J connectivity index is 2.00. The molecule has 6 nitrogen and oxygen atoms in total. The van der Waals surface area contributed by atoms with Gasteiger partial charge in [0.05, 0.1) is 7.11 Å². The van der Waals surface area contributed by atoms with Crippen LogP contribution in [-0.2, 0) is 9.59 Å². The van der Waals surface area contributed by atoms with Gasteiger partial charge in [0.1, 0.15) is 11.0 Å². The summed E-state index contributed by atoms with van der Waals surface area (Å²) in [5, 5.41) is 3.20. The van der Waals surface area contributed by atoms with Crippen molar-refractivity contribution in [3.8, 4) is 5.75 Å². The highest BCUT2D eigenvalue weighted by Crippen LogP contribution is 2.30. The Morgan fingerprint density at radius 1 is 1.30 bits per heavy atom. The fourth-order valence-corrected chi connectivity index (χ4v) is 3.89. The van der Waals surface area contributed by atoms with Crippen molar-refractivity contribution >= 4 is 34.4 Å². The minimum absolute atomic E-state index is 0.00973. The van der Waals surface area contributed by atoms with Crippen LogP contribution in [0.4, 0.5) is 5.69 Å². The lowest BCUT2D eigenvalue weighted by Crippen LogP contribution is -2.34. The van der Waals surface area contributed by atoms with Crippen molar-refractivity contribution in [3.05, 3.63) is 24.3 Å². The summed E-state index contributed by atoms with van der Waals surface area (Å²) >= 11 is 1.42. The number of carbonyl (C=O) groups is 2. The third-order valence-electron chi connectivity index (χ3n) is 4.24. The molecule has 0 bridgehead atoms. The summed E-state index contributed by atoms with van der Waals surface area (Å²) in [6.45, 7) is 5.60. The number of ether oxygens (including phenoxy) is 1. The van der Waals surface area contributed by atoms with Crippen molar-refractivity contribution in [2.45, 2.75) is 51.2 Å². The Labute approximate surface area is 165 Å². The fraction of sp³-hybridized carbons (Fsp3) is 0.550. The van der Waals surface area contributed by atoms with Crippen LogP contribution in [0.2, 0.25) is 0 Å². The monoisotopic (exact) mass is 391 g/mol. The van der Waals surface area contributed by atoms with E-state index in [2.05, 4.69) is 24.2 Å².